The Hall–Kier alpha value is -3.25. The van der Waals surface area contributed by atoms with E-state index >= 15 is 0 Å². The lowest BCUT2D eigenvalue weighted by atomic mass is 9.70. The molecule has 0 aliphatic carbocycles. The van der Waals surface area contributed by atoms with Crippen molar-refractivity contribution in [2.75, 3.05) is 24.5 Å². The van der Waals surface area contributed by atoms with Crippen LogP contribution >= 0.6 is 0 Å². The fraction of sp³-hybridized carbons (Fsp3) is 0.469. The van der Waals surface area contributed by atoms with Gasteiger partial charge in [-0.25, -0.2) is 15.0 Å². The van der Waals surface area contributed by atoms with Crippen LogP contribution in [0, 0.1) is 6.92 Å². The number of piperidine rings is 2. The van der Waals surface area contributed by atoms with Crippen molar-refractivity contribution in [2.45, 2.75) is 75.4 Å². The Balaban J connectivity index is 1.08. The van der Waals surface area contributed by atoms with E-state index in [1.807, 2.05) is 18.5 Å². The number of anilines is 1. The monoisotopic (exact) mass is 506 g/mol. The zero-order chi connectivity index (χ0) is 25.5. The standard InChI is InChI=1S/C32H38N6/c1-24-35-29-10-5-6-11-30(29)38(24)28-22-26-12-13-27(23-28)37(26)21-16-32(25-8-3-2-4-9-25)14-19-36(20-15-32)31-33-17-7-18-34-31/h2-11,17-18,26-28H,12-16,19-23H2,1H3/t26-,27+,28?. The Labute approximate surface area is 225 Å². The maximum Gasteiger partial charge on any atom is 0.225 e. The van der Waals surface area contributed by atoms with Crippen molar-refractivity contribution < 1.29 is 0 Å². The molecular weight excluding hydrogens is 468 g/mol. The van der Waals surface area contributed by atoms with Gasteiger partial charge in [-0.05, 0) is 87.6 Å². The number of hydrogen-bond acceptors (Lipinski definition) is 5. The molecule has 6 nitrogen and oxygen atoms in total. The molecule has 0 N–H and O–H groups in total. The molecule has 0 amide bonds. The summed E-state index contributed by atoms with van der Waals surface area (Å²) in [6.07, 6.45) is 12.4. The summed E-state index contributed by atoms with van der Waals surface area (Å²) in [5.41, 5.74) is 4.17. The molecule has 0 spiro atoms. The molecule has 4 aromatic rings. The van der Waals surface area contributed by atoms with E-state index in [9.17, 15) is 0 Å². The van der Waals surface area contributed by atoms with Gasteiger partial charge >= 0.3 is 0 Å². The molecule has 6 heteroatoms. The van der Waals surface area contributed by atoms with Gasteiger partial charge in [0.1, 0.15) is 5.82 Å². The molecule has 2 bridgehead atoms. The normalized spacial score (nSPS) is 25.2. The van der Waals surface area contributed by atoms with Crippen LogP contribution in [0.4, 0.5) is 5.95 Å². The number of hydrogen-bond donors (Lipinski definition) is 0. The maximum atomic E-state index is 4.88. The van der Waals surface area contributed by atoms with E-state index in [0.29, 0.717) is 18.1 Å². The average Bonchev–Trinajstić information content (AvgIpc) is 3.43. The molecule has 1 unspecified atom stereocenters. The smallest absolute Gasteiger partial charge is 0.225 e. The quantitative estimate of drug-likeness (QED) is 0.324. The van der Waals surface area contributed by atoms with Gasteiger partial charge in [0.05, 0.1) is 11.0 Å². The van der Waals surface area contributed by atoms with Gasteiger partial charge in [0, 0.05) is 43.6 Å². The summed E-state index contributed by atoms with van der Waals surface area (Å²) in [5.74, 6) is 2.04. The van der Waals surface area contributed by atoms with Crippen molar-refractivity contribution in [1.82, 2.24) is 24.4 Å². The van der Waals surface area contributed by atoms with E-state index in [4.69, 9.17) is 4.98 Å². The summed E-state index contributed by atoms with van der Waals surface area (Å²) >= 11 is 0. The minimum Gasteiger partial charge on any atom is -0.341 e. The number of aromatic nitrogens is 4. The third-order valence-electron chi connectivity index (χ3n) is 9.79. The molecular formula is C32H38N6. The Kier molecular flexibility index (Phi) is 6.15. The van der Waals surface area contributed by atoms with Crippen molar-refractivity contribution in [3.05, 3.63) is 84.4 Å². The van der Waals surface area contributed by atoms with Crippen LogP contribution in [0.3, 0.4) is 0 Å². The molecule has 3 fully saturated rings. The number of rotatable bonds is 6. The molecule has 0 saturated carbocycles. The lowest BCUT2D eigenvalue weighted by Crippen LogP contribution is -2.48. The van der Waals surface area contributed by atoms with Gasteiger partial charge in [-0.3, -0.25) is 4.90 Å². The molecule has 3 aliphatic heterocycles. The lowest BCUT2D eigenvalue weighted by molar-refractivity contribution is 0.0937. The lowest BCUT2D eigenvalue weighted by Gasteiger charge is -2.45. The number of fused-ring (bicyclic) bond motifs is 3. The summed E-state index contributed by atoms with van der Waals surface area (Å²) in [6.45, 7) is 5.41. The summed E-state index contributed by atoms with van der Waals surface area (Å²) in [5, 5.41) is 0. The first-order chi connectivity index (χ1) is 18.7. The zero-order valence-electron chi connectivity index (χ0n) is 22.4. The molecule has 196 valence electrons. The SMILES string of the molecule is Cc1nc2ccccc2n1C1C[C@H]2CC[C@@H](C1)N2CCC1(c2ccccc2)CCN(c2ncccn2)CC1. The first kappa shape index (κ1) is 23.8. The van der Waals surface area contributed by atoms with Gasteiger partial charge in [-0.15, -0.1) is 0 Å². The minimum absolute atomic E-state index is 0.222. The zero-order valence-corrected chi connectivity index (χ0v) is 22.4. The van der Waals surface area contributed by atoms with E-state index in [2.05, 4.69) is 85.9 Å². The average molecular weight is 507 g/mol. The van der Waals surface area contributed by atoms with Gasteiger partial charge in [0.15, 0.2) is 0 Å². The van der Waals surface area contributed by atoms with Crippen LogP contribution in [0.15, 0.2) is 73.1 Å². The second-order valence-corrected chi connectivity index (χ2v) is 11.7. The van der Waals surface area contributed by atoms with Crippen molar-refractivity contribution >= 4 is 17.0 Å². The highest BCUT2D eigenvalue weighted by Gasteiger charge is 2.44. The van der Waals surface area contributed by atoms with Crippen LogP contribution in [0.25, 0.3) is 11.0 Å². The van der Waals surface area contributed by atoms with E-state index in [1.165, 1.54) is 55.6 Å². The highest BCUT2D eigenvalue weighted by atomic mass is 15.3. The van der Waals surface area contributed by atoms with Crippen LogP contribution < -0.4 is 4.90 Å². The third-order valence-corrected chi connectivity index (χ3v) is 9.79. The number of benzene rings is 2. The Bertz CT molecular complexity index is 1360. The molecule has 38 heavy (non-hydrogen) atoms. The van der Waals surface area contributed by atoms with E-state index in [-0.39, 0.29) is 5.41 Å². The topological polar surface area (TPSA) is 50.1 Å². The summed E-state index contributed by atoms with van der Waals surface area (Å²) in [7, 11) is 0. The maximum absolute atomic E-state index is 4.88. The highest BCUT2D eigenvalue weighted by Crippen LogP contribution is 2.45. The van der Waals surface area contributed by atoms with Crippen LogP contribution in [0.5, 0.6) is 0 Å². The molecule has 7 rings (SSSR count). The minimum atomic E-state index is 0.222. The van der Waals surface area contributed by atoms with Gasteiger partial charge in [-0.2, -0.15) is 0 Å². The Morgan fingerprint density at radius 2 is 1.50 bits per heavy atom. The number of aryl methyl sites for hydroxylation is 1. The van der Waals surface area contributed by atoms with Gasteiger partial charge in [0.25, 0.3) is 0 Å². The van der Waals surface area contributed by atoms with Gasteiger partial charge in [-0.1, -0.05) is 42.5 Å². The predicted molar refractivity (Wildman–Crippen MR) is 152 cm³/mol. The first-order valence-electron chi connectivity index (χ1n) is 14.5. The number of para-hydroxylation sites is 2. The highest BCUT2D eigenvalue weighted by molar-refractivity contribution is 5.76. The third kappa shape index (κ3) is 4.19. The Morgan fingerprint density at radius 1 is 0.816 bits per heavy atom. The molecule has 2 aromatic carbocycles. The largest absolute Gasteiger partial charge is 0.341 e. The first-order valence-corrected chi connectivity index (χ1v) is 14.5. The van der Waals surface area contributed by atoms with Crippen LogP contribution in [0.1, 0.15) is 62.4 Å². The van der Waals surface area contributed by atoms with E-state index in [0.717, 1.165) is 37.4 Å². The van der Waals surface area contributed by atoms with Crippen LogP contribution in [0.2, 0.25) is 0 Å². The number of nitrogens with zero attached hydrogens (tertiary/aromatic N) is 6. The second-order valence-electron chi connectivity index (χ2n) is 11.7. The second kappa shape index (κ2) is 9.81. The molecule has 3 aliphatic rings. The van der Waals surface area contributed by atoms with Crippen molar-refractivity contribution in [3.63, 3.8) is 0 Å². The van der Waals surface area contributed by atoms with Gasteiger partial charge in [0.2, 0.25) is 5.95 Å². The van der Waals surface area contributed by atoms with Crippen molar-refractivity contribution in [3.8, 4) is 0 Å². The van der Waals surface area contributed by atoms with Crippen LogP contribution in [-0.2, 0) is 5.41 Å². The van der Waals surface area contributed by atoms with Gasteiger partial charge < -0.3 is 9.47 Å². The summed E-state index contributed by atoms with van der Waals surface area (Å²) in [4.78, 5) is 19.2. The molecule has 3 saturated heterocycles. The molecule has 5 heterocycles. The Morgan fingerprint density at radius 3 is 2.24 bits per heavy atom. The van der Waals surface area contributed by atoms with Crippen molar-refractivity contribution in [1.29, 1.82) is 0 Å². The summed E-state index contributed by atoms with van der Waals surface area (Å²) in [6, 6.07) is 23.8. The fourth-order valence-electron chi connectivity index (χ4n) is 7.85. The molecule has 0 radical (unpaired) electrons. The van der Waals surface area contributed by atoms with Crippen molar-refractivity contribution in [2.24, 2.45) is 0 Å². The molecule has 3 atom stereocenters. The predicted octanol–water partition coefficient (Wildman–Crippen LogP) is 5.93. The van der Waals surface area contributed by atoms with E-state index in [1.54, 1.807) is 0 Å². The van der Waals surface area contributed by atoms with Crippen LogP contribution in [-0.4, -0.2) is 56.1 Å². The molecule has 2 aromatic heterocycles. The van der Waals surface area contributed by atoms with E-state index < -0.39 is 0 Å². The summed E-state index contributed by atoms with van der Waals surface area (Å²) < 4.78 is 2.55. The fourth-order valence-corrected chi connectivity index (χ4v) is 7.85. The number of imidazole rings is 1.